The van der Waals surface area contributed by atoms with E-state index in [1.165, 1.54) is 0 Å². The number of imidazole rings is 2. The number of likely N-dealkylation sites (tertiary alicyclic amines) is 2. The number of carbonyl (C=O) groups is 2. The van der Waals surface area contributed by atoms with E-state index in [1.807, 2.05) is 84.9 Å². The highest BCUT2D eigenvalue weighted by Gasteiger charge is 2.37. The van der Waals surface area contributed by atoms with Crippen LogP contribution in [0.4, 0.5) is 0 Å². The van der Waals surface area contributed by atoms with Crippen molar-refractivity contribution in [2.75, 3.05) is 13.1 Å². The van der Waals surface area contributed by atoms with E-state index in [2.05, 4.69) is 9.97 Å². The number of H-pyrrole nitrogens is 2. The van der Waals surface area contributed by atoms with Gasteiger partial charge in [0.25, 0.3) is 11.8 Å². The first-order chi connectivity index (χ1) is 25.9. The molecule has 11 nitrogen and oxygen atoms in total. The molecule has 4 N–H and O–H groups in total. The fraction of sp³-hybridized carbons (Fsp3) is 0.238. The summed E-state index contributed by atoms with van der Waals surface area (Å²) in [5, 5.41) is 21.6. The molecule has 0 bridgehead atoms. The Morgan fingerprint density at radius 2 is 1.06 bits per heavy atom. The number of amides is 2. The Morgan fingerprint density at radius 1 is 0.623 bits per heavy atom. The third kappa shape index (κ3) is 6.07. The second-order valence-corrected chi connectivity index (χ2v) is 13.9. The van der Waals surface area contributed by atoms with Gasteiger partial charge in [0.05, 0.1) is 34.2 Å². The third-order valence-corrected chi connectivity index (χ3v) is 10.6. The third-order valence-electron chi connectivity index (χ3n) is 10.6. The number of carbonyl (C=O) groups excluding carboxylic acids is 2. The molecule has 9 rings (SSSR count). The van der Waals surface area contributed by atoms with E-state index in [0.717, 1.165) is 58.9 Å². The van der Waals surface area contributed by atoms with Crippen LogP contribution < -0.4 is 0 Å². The van der Waals surface area contributed by atoms with Crippen molar-refractivity contribution in [3.05, 3.63) is 132 Å². The van der Waals surface area contributed by atoms with Gasteiger partial charge < -0.3 is 34.4 Å². The van der Waals surface area contributed by atoms with Crippen LogP contribution in [-0.2, 0) is 9.59 Å². The van der Waals surface area contributed by atoms with Crippen LogP contribution >= 0.6 is 0 Å². The summed E-state index contributed by atoms with van der Waals surface area (Å²) in [5.41, 5.74) is 6.16. The number of aromatic amines is 2. The zero-order valence-corrected chi connectivity index (χ0v) is 28.9. The highest BCUT2D eigenvalue weighted by atomic mass is 16.3. The number of hydrogen-bond acceptors (Lipinski definition) is 7. The molecule has 0 unspecified atom stereocenters. The summed E-state index contributed by atoms with van der Waals surface area (Å²) >= 11 is 0. The van der Waals surface area contributed by atoms with Crippen molar-refractivity contribution in [2.24, 2.45) is 0 Å². The van der Waals surface area contributed by atoms with Gasteiger partial charge in [0.15, 0.2) is 12.2 Å². The van der Waals surface area contributed by atoms with E-state index in [9.17, 15) is 19.8 Å². The first kappa shape index (κ1) is 32.8. The van der Waals surface area contributed by atoms with Gasteiger partial charge in [-0.15, -0.1) is 0 Å². The van der Waals surface area contributed by atoms with Crippen molar-refractivity contribution in [1.29, 1.82) is 0 Å². The molecule has 5 heterocycles. The highest BCUT2D eigenvalue weighted by Crippen LogP contribution is 2.37. The number of aromatic nitrogens is 4. The lowest BCUT2D eigenvalue weighted by Gasteiger charge is -2.25. The lowest BCUT2D eigenvalue weighted by atomic mass is 10.1. The molecule has 7 aromatic rings. The molecule has 0 saturated carbocycles. The number of rotatable bonds is 8. The van der Waals surface area contributed by atoms with Gasteiger partial charge in [-0.05, 0) is 85.3 Å². The van der Waals surface area contributed by atoms with E-state index < -0.39 is 12.2 Å². The largest absolute Gasteiger partial charge is 0.456 e. The number of furan rings is 1. The summed E-state index contributed by atoms with van der Waals surface area (Å²) in [7, 11) is 0. The minimum absolute atomic E-state index is 0.247. The second kappa shape index (κ2) is 13.5. The van der Waals surface area contributed by atoms with E-state index in [0.29, 0.717) is 47.4 Å². The van der Waals surface area contributed by atoms with Crippen molar-refractivity contribution >= 4 is 33.9 Å². The van der Waals surface area contributed by atoms with E-state index in [1.54, 1.807) is 34.1 Å². The fourth-order valence-electron chi connectivity index (χ4n) is 7.83. The zero-order chi connectivity index (χ0) is 36.1. The topological polar surface area (TPSA) is 152 Å². The molecule has 0 aliphatic carbocycles. The summed E-state index contributed by atoms with van der Waals surface area (Å²) < 4.78 is 6.37. The van der Waals surface area contributed by atoms with E-state index in [-0.39, 0.29) is 23.9 Å². The van der Waals surface area contributed by atoms with Crippen LogP contribution in [0, 0.1) is 0 Å². The van der Waals surface area contributed by atoms with Crippen LogP contribution in [0.2, 0.25) is 0 Å². The molecule has 266 valence electrons. The van der Waals surface area contributed by atoms with Crippen molar-refractivity contribution in [1.82, 2.24) is 29.7 Å². The predicted molar refractivity (Wildman–Crippen MR) is 199 cm³/mol. The van der Waals surface area contributed by atoms with Crippen molar-refractivity contribution in [3.63, 3.8) is 0 Å². The number of nitrogens with one attached hydrogen (secondary N) is 2. The average molecular weight is 707 g/mol. The van der Waals surface area contributed by atoms with E-state index >= 15 is 0 Å². The molecular formula is C42H38N6O5. The summed E-state index contributed by atoms with van der Waals surface area (Å²) in [6.07, 6.45) is 0.754. The summed E-state index contributed by atoms with van der Waals surface area (Å²) in [6.45, 7) is 1.13. The lowest BCUT2D eigenvalue weighted by Crippen LogP contribution is -2.35. The van der Waals surface area contributed by atoms with Gasteiger partial charge in [0.2, 0.25) is 0 Å². The minimum Gasteiger partial charge on any atom is -0.456 e. The summed E-state index contributed by atoms with van der Waals surface area (Å²) in [6, 6.07) is 33.3. The quantitative estimate of drug-likeness (QED) is 0.131. The maximum absolute atomic E-state index is 13.3. The molecular weight excluding hydrogens is 668 g/mol. The maximum atomic E-state index is 13.3. The Balaban J connectivity index is 0.924. The van der Waals surface area contributed by atoms with E-state index in [4.69, 9.17) is 14.4 Å². The highest BCUT2D eigenvalue weighted by molar-refractivity contribution is 5.85. The minimum atomic E-state index is -1.22. The Hall–Kier alpha value is -6.04. The number of fused-ring (bicyclic) bond motifs is 2. The smallest absolute Gasteiger partial charge is 0.256 e. The Bertz CT molecular complexity index is 2270. The van der Waals surface area contributed by atoms with Crippen molar-refractivity contribution in [2.45, 2.75) is 50.0 Å². The molecule has 3 aromatic heterocycles. The van der Waals surface area contributed by atoms with Gasteiger partial charge in [-0.2, -0.15) is 0 Å². The van der Waals surface area contributed by atoms with Gasteiger partial charge in [-0.25, -0.2) is 9.97 Å². The lowest BCUT2D eigenvalue weighted by molar-refractivity contribution is -0.142. The summed E-state index contributed by atoms with van der Waals surface area (Å²) in [5.74, 6) is 2.16. The normalized spacial score (nSPS) is 18.6. The SMILES string of the molecule is O=C([C@H](O)c1ccccc1)N1CCC[C@H]1c1nc2ccc(-c3ccc(-c4ccc5nc([C@@H]6CCCN6C(=O)[C@H](O)c6ccccc6)[nH]c5c4)o3)cc2[nH]1. The number of aliphatic hydroxyl groups is 2. The van der Waals surface area contributed by atoms with Gasteiger partial charge in [-0.1, -0.05) is 60.7 Å². The molecule has 2 aliphatic heterocycles. The zero-order valence-electron chi connectivity index (χ0n) is 28.9. The molecule has 11 heteroatoms. The van der Waals surface area contributed by atoms with Gasteiger partial charge >= 0.3 is 0 Å². The number of nitrogens with zero attached hydrogens (tertiary/aromatic N) is 4. The Labute approximate surface area is 304 Å². The van der Waals surface area contributed by atoms with Gasteiger partial charge in [-0.3, -0.25) is 9.59 Å². The van der Waals surface area contributed by atoms with Gasteiger partial charge in [0, 0.05) is 24.2 Å². The number of aliphatic hydroxyl groups excluding tert-OH is 2. The van der Waals surface area contributed by atoms with Crippen LogP contribution in [0.3, 0.4) is 0 Å². The molecule has 2 saturated heterocycles. The molecule has 2 amide bonds. The first-order valence-electron chi connectivity index (χ1n) is 18.1. The maximum Gasteiger partial charge on any atom is 0.256 e. The number of benzene rings is 4. The second-order valence-electron chi connectivity index (χ2n) is 13.9. The fourth-order valence-corrected chi connectivity index (χ4v) is 7.83. The van der Waals surface area contributed by atoms with Crippen LogP contribution in [0.15, 0.2) is 114 Å². The molecule has 0 spiro atoms. The molecule has 0 radical (unpaired) electrons. The van der Waals surface area contributed by atoms with Crippen LogP contribution in [-0.4, -0.2) is 64.9 Å². The van der Waals surface area contributed by atoms with Crippen LogP contribution in [0.5, 0.6) is 0 Å². The first-order valence-corrected chi connectivity index (χ1v) is 18.1. The average Bonchev–Trinajstić information content (AvgIpc) is 4.05. The monoisotopic (exact) mass is 706 g/mol. The van der Waals surface area contributed by atoms with Crippen molar-refractivity contribution < 1.29 is 24.2 Å². The Kier molecular flexibility index (Phi) is 8.36. The predicted octanol–water partition coefficient (Wildman–Crippen LogP) is 7.16. The molecule has 2 aliphatic rings. The van der Waals surface area contributed by atoms with Gasteiger partial charge in [0.1, 0.15) is 23.2 Å². The van der Waals surface area contributed by atoms with Crippen LogP contribution in [0.1, 0.15) is 72.8 Å². The standard InChI is InChI=1S/C42H38N6O5/c49-37(25-9-3-1-4-10-25)41(51)47-21-7-13-33(47)39-43-29-17-15-27(23-31(29)45-39)35-19-20-36(53-35)28-16-18-30-32(24-28)46-40(44-30)34-14-8-22-48(34)42(52)38(50)26-11-5-2-6-12-26/h1-6,9-12,15-20,23-24,33-34,37-38,49-50H,7-8,13-14,21-22H2,(H,43,45)(H,44,46)/t33-,34-,37+,38+/m0/s1. The molecule has 4 aromatic carbocycles. The molecule has 2 fully saturated rings. The van der Waals surface area contributed by atoms with Crippen molar-refractivity contribution in [3.8, 4) is 22.6 Å². The molecule has 4 atom stereocenters. The number of hydrogen-bond donors (Lipinski definition) is 4. The summed E-state index contributed by atoms with van der Waals surface area (Å²) in [4.78, 5) is 46.7. The molecule has 53 heavy (non-hydrogen) atoms. The Morgan fingerprint density at radius 3 is 1.49 bits per heavy atom. The van der Waals surface area contributed by atoms with Crippen LogP contribution in [0.25, 0.3) is 44.7 Å².